The Morgan fingerprint density at radius 3 is 2.88 bits per heavy atom. The van der Waals surface area contributed by atoms with Crippen LogP contribution in [0.4, 0.5) is 0 Å². The first-order valence-corrected chi connectivity index (χ1v) is 6.07. The second-order valence-corrected chi connectivity index (χ2v) is 4.64. The first-order valence-electron chi connectivity index (χ1n) is 5.69. The molecule has 0 fully saturated rings. The third-order valence-corrected chi connectivity index (χ3v) is 3.49. The highest BCUT2D eigenvalue weighted by Gasteiger charge is 2.18. The van der Waals surface area contributed by atoms with Crippen LogP contribution in [0.5, 0.6) is 5.75 Å². The van der Waals surface area contributed by atoms with Gasteiger partial charge in [0.05, 0.1) is 5.02 Å². The molecule has 0 radical (unpaired) electrons. The Morgan fingerprint density at radius 1 is 1.38 bits per heavy atom. The van der Waals surface area contributed by atoms with Crippen LogP contribution in [-0.2, 0) is 24.1 Å². The summed E-state index contributed by atoms with van der Waals surface area (Å²) >= 11 is 5.99. The molecule has 16 heavy (non-hydrogen) atoms. The van der Waals surface area contributed by atoms with Crippen molar-refractivity contribution in [3.05, 3.63) is 27.8 Å². The summed E-state index contributed by atoms with van der Waals surface area (Å²) in [4.78, 5) is 10.4. The molecule has 0 atom stereocenters. The van der Waals surface area contributed by atoms with Crippen LogP contribution in [0.1, 0.15) is 36.0 Å². The topological polar surface area (TPSA) is 37.3 Å². The lowest BCUT2D eigenvalue weighted by Crippen LogP contribution is -2.07. The highest BCUT2D eigenvalue weighted by molar-refractivity contribution is 6.32. The first-order chi connectivity index (χ1) is 7.74. The molecule has 2 nitrogen and oxygen atoms in total. The van der Waals surface area contributed by atoms with Crippen LogP contribution in [0.3, 0.4) is 0 Å². The van der Waals surface area contributed by atoms with Gasteiger partial charge in [0.25, 0.3) is 0 Å². The normalized spacial score (nSPS) is 14.6. The summed E-state index contributed by atoms with van der Waals surface area (Å²) in [5, 5.41) is 10.4. The minimum Gasteiger partial charge on any atom is -0.506 e. The number of carbonyl (C=O) groups is 1. The van der Waals surface area contributed by atoms with Crippen molar-refractivity contribution in [3.8, 4) is 5.75 Å². The fourth-order valence-electron chi connectivity index (χ4n) is 2.41. The van der Waals surface area contributed by atoms with Crippen molar-refractivity contribution in [2.24, 2.45) is 0 Å². The minimum atomic E-state index is 0.171. The summed E-state index contributed by atoms with van der Waals surface area (Å²) in [5.74, 6) is 0.171. The summed E-state index contributed by atoms with van der Waals surface area (Å²) in [6, 6.07) is 1.87. The quantitative estimate of drug-likeness (QED) is 0.822. The maximum atomic E-state index is 10.4. The molecule has 2 rings (SSSR count). The molecule has 0 spiro atoms. The molecule has 86 valence electrons. The molecule has 1 aliphatic rings. The van der Waals surface area contributed by atoms with Crippen LogP contribution >= 0.6 is 11.6 Å². The Morgan fingerprint density at radius 2 is 2.12 bits per heavy atom. The van der Waals surface area contributed by atoms with Crippen molar-refractivity contribution in [3.63, 3.8) is 0 Å². The van der Waals surface area contributed by atoms with Gasteiger partial charge in [-0.1, -0.05) is 11.6 Å². The van der Waals surface area contributed by atoms with E-state index in [-0.39, 0.29) is 5.75 Å². The molecule has 0 unspecified atom stereocenters. The van der Waals surface area contributed by atoms with Gasteiger partial charge in [-0.3, -0.25) is 0 Å². The first kappa shape index (κ1) is 11.5. The van der Waals surface area contributed by atoms with E-state index in [1.54, 1.807) is 0 Å². The van der Waals surface area contributed by atoms with Crippen LogP contribution in [0.2, 0.25) is 5.02 Å². The fraction of sp³-hybridized carbons (Fsp3) is 0.462. The summed E-state index contributed by atoms with van der Waals surface area (Å²) in [7, 11) is 0. The average Bonchev–Trinajstić information content (AvgIpc) is 2.30. The number of carbonyl (C=O) groups excluding carboxylic acids is 1. The van der Waals surface area contributed by atoms with Crippen LogP contribution in [0.25, 0.3) is 0 Å². The van der Waals surface area contributed by atoms with E-state index in [0.29, 0.717) is 17.9 Å². The summed E-state index contributed by atoms with van der Waals surface area (Å²) in [6.07, 6.45) is 6.29. The number of fused-ring (bicyclic) bond motifs is 1. The van der Waals surface area contributed by atoms with Crippen molar-refractivity contribution < 1.29 is 9.90 Å². The molecule has 0 saturated heterocycles. The zero-order chi connectivity index (χ0) is 11.5. The van der Waals surface area contributed by atoms with Crippen LogP contribution in [0.15, 0.2) is 6.07 Å². The second-order valence-electron chi connectivity index (χ2n) is 4.24. The van der Waals surface area contributed by atoms with E-state index < -0.39 is 0 Å². The van der Waals surface area contributed by atoms with Crippen molar-refractivity contribution >= 4 is 17.9 Å². The monoisotopic (exact) mass is 238 g/mol. The van der Waals surface area contributed by atoms with Gasteiger partial charge in [0.15, 0.2) is 0 Å². The molecule has 1 aromatic carbocycles. The molecule has 0 bridgehead atoms. The third-order valence-electron chi connectivity index (χ3n) is 3.20. The SMILES string of the molecule is O=CCCc1c(O)c(Cl)cc2c1CCCC2. The molecule has 3 heteroatoms. The molecular formula is C13H15ClO2. The van der Waals surface area contributed by atoms with Gasteiger partial charge < -0.3 is 9.90 Å². The Kier molecular flexibility index (Phi) is 3.49. The van der Waals surface area contributed by atoms with Gasteiger partial charge in [0.2, 0.25) is 0 Å². The summed E-state index contributed by atoms with van der Waals surface area (Å²) in [6.45, 7) is 0. The van der Waals surface area contributed by atoms with Crippen LogP contribution in [-0.4, -0.2) is 11.4 Å². The Balaban J connectivity index is 2.45. The second kappa shape index (κ2) is 4.88. The number of phenolic OH excluding ortho intramolecular Hbond substituents is 1. The largest absolute Gasteiger partial charge is 0.506 e. The van der Waals surface area contributed by atoms with E-state index >= 15 is 0 Å². The molecule has 0 aromatic heterocycles. The van der Waals surface area contributed by atoms with Crippen molar-refractivity contribution in [1.29, 1.82) is 0 Å². The Bertz CT molecular complexity index is 413. The number of hydrogen-bond donors (Lipinski definition) is 1. The van der Waals surface area contributed by atoms with E-state index in [1.165, 1.54) is 17.5 Å². The molecular weight excluding hydrogens is 224 g/mol. The summed E-state index contributed by atoms with van der Waals surface area (Å²) < 4.78 is 0. The number of rotatable bonds is 3. The number of benzene rings is 1. The van der Waals surface area contributed by atoms with Gasteiger partial charge in [-0.15, -0.1) is 0 Å². The van der Waals surface area contributed by atoms with Crippen molar-refractivity contribution in [1.82, 2.24) is 0 Å². The fourth-order valence-corrected chi connectivity index (χ4v) is 2.66. The van der Waals surface area contributed by atoms with E-state index in [4.69, 9.17) is 11.6 Å². The van der Waals surface area contributed by atoms with Gasteiger partial charge in [-0.2, -0.15) is 0 Å². The molecule has 1 N–H and O–H groups in total. The maximum absolute atomic E-state index is 10.4. The predicted molar refractivity (Wildman–Crippen MR) is 64.1 cm³/mol. The number of hydrogen-bond acceptors (Lipinski definition) is 2. The lowest BCUT2D eigenvalue weighted by atomic mass is 9.86. The van der Waals surface area contributed by atoms with E-state index in [9.17, 15) is 9.90 Å². The van der Waals surface area contributed by atoms with Crippen LogP contribution in [0, 0.1) is 0 Å². The molecule has 1 aliphatic carbocycles. The highest BCUT2D eigenvalue weighted by atomic mass is 35.5. The maximum Gasteiger partial charge on any atom is 0.137 e. The minimum absolute atomic E-state index is 0.171. The molecule has 1 aromatic rings. The van der Waals surface area contributed by atoms with E-state index in [2.05, 4.69) is 0 Å². The van der Waals surface area contributed by atoms with E-state index in [1.807, 2.05) is 6.07 Å². The smallest absolute Gasteiger partial charge is 0.137 e. The van der Waals surface area contributed by atoms with E-state index in [0.717, 1.165) is 31.1 Å². The molecule has 0 saturated carbocycles. The van der Waals surface area contributed by atoms with Crippen molar-refractivity contribution in [2.45, 2.75) is 38.5 Å². The standard InChI is InChI=1S/C13H15ClO2/c14-12-8-9-4-1-2-5-10(9)11(13(12)16)6-3-7-15/h7-8,16H,1-6H2. The zero-order valence-corrected chi connectivity index (χ0v) is 9.89. The molecule has 0 amide bonds. The number of phenols is 1. The van der Waals surface area contributed by atoms with Gasteiger partial charge in [-0.05, 0) is 54.9 Å². The number of aldehydes is 1. The highest BCUT2D eigenvalue weighted by Crippen LogP contribution is 2.36. The predicted octanol–water partition coefficient (Wildman–Crippen LogP) is 3.06. The van der Waals surface area contributed by atoms with Gasteiger partial charge >= 0.3 is 0 Å². The van der Waals surface area contributed by atoms with Gasteiger partial charge in [-0.25, -0.2) is 0 Å². The van der Waals surface area contributed by atoms with Crippen LogP contribution < -0.4 is 0 Å². The average molecular weight is 239 g/mol. The number of aryl methyl sites for hydroxylation is 1. The summed E-state index contributed by atoms with van der Waals surface area (Å²) in [5.41, 5.74) is 3.35. The number of halogens is 1. The zero-order valence-electron chi connectivity index (χ0n) is 9.13. The lowest BCUT2D eigenvalue weighted by molar-refractivity contribution is -0.107. The number of aromatic hydroxyl groups is 1. The van der Waals surface area contributed by atoms with Gasteiger partial charge in [0.1, 0.15) is 12.0 Å². The Hall–Kier alpha value is -1.02. The molecule has 0 aliphatic heterocycles. The van der Waals surface area contributed by atoms with Gasteiger partial charge in [0, 0.05) is 6.42 Å². The molecule has 0 heterocycles. The lowest BCUT2D eigenvalue weighted by Gasteiger charge is -2.21. The third kappa shape index (κ3) is 2.07. The van der Waals surface area contributed by atoms with Crippen molar-refractivity contribution in [2.75, 3.05) is 0 Å². The Labute approximate surface area is 100 Å².